The molecule has 0 aliphatic carbocycles. The van der Waals surface area contributed by atoms with Crippen LogP contribution < -0.4 is 0 Å². The Labute approximate surface area is 127 Å². The molecule has 2 nitrogen and oxygen atoms in total. The average Bonchev–Trinajstić information content (AvgIpc) is 2.40. The van der Waals surface area contributed by atoms with Crippen molar-refractivity contribution in [3.05, 3.63) is 63.6 Å². The van der Waals surface area contributed by atoms with Crippen LogP contribution in [0.5, 0.6) is 5.75 Å². The molecule has 2 aromatic carbocycles. The van der Waals surface area contributed by atoms with Crippen LogP contribution in [0.1, 0.15) is 16.7 Å². The molecule has 0 bridgehead atoms. The van der Waals surface area contributed by atoms with E-state index in [2.05, 4.69) is 20.9 Å². The Bertz CT molecular complexity index is 675. The van der Waals surface area contributed by atoms with Gasteiger partial charge in [0.05, 0.1) is 0 Å². The molecule has 0 saturated carbocycles. The zero-order valence-electron chi connectivity index (χ0n) is 11.5. The molecule has 0 aliphatic rings. The van der Waals surface area contributed by atoms with Crippen LogP contribution in [0.15, 0.2) is 51.9 Å². The molecule has 0 atom stereocenters. The summed E-state index contributed by atoms with van der Waals surface area (Å²) in [6, 6.07) is 11.6. The lowest BCUT2D eigenvalue weighted by Gasteiger charge is -2.03. The molecule has 1 N–H and O–H groups in total. The van der Waals surface area contributed by atoms with Crippen molar-refractivity contribution in [3.63, 3.8) is 0 Å². The molecule has 0 aliphatic heterocycles. The number of hydrogen-bond donors (Lipinski definition) is 1. The van der Waals surface area contributed by atoms with E-state index in [4.69, 9.17) is 0 Å². The highest BCUT2D eigenvalue weighted by Gasteiger charge is 2.01. The van der Waals surface area contributed by atoms with Crippen LogP contribution in [-0.4, -0.2) is 11.3 Å². The summed E-state index contributed by atoms with van der Waals surface area (Å²) in [6.07, 6.45) is 5.51. The highest BCUT2D eigenvalue weighted by molar-refractivity contribution is 9.10. The van der Waals surface area contributed by atoms with Crippen LogP contribution in [0.2, 0.25) is 0 Å². The second-order valence-electron chi connectivity index (χ2n) is 4.62. The number of nitrogens with zero attached hydrogens (tertiary/aromatic N) is 1. The maximum absolute atomic E-state index is 9.82. The molecule has 0 aromatic heterocycles. The van der Waals surface area contributed by atoms with Gasteiger partial charge in [-0.2, -0.15) is 0 Å². The highest BCUT2D eigenvalue weighted by Crippen LogP contribution is 2.29. The van der Waals surface area contributed by atoms with Crippen molar-refractivity contribution < 1.29 is 5.11 Å². The summed E-state index contributed by atoms with van der Waals surface area (Å²) in [4.78, 5) is 4.27. The van der Waals surface area contributed by atoms with Crippen molar-refractivity contribution in [2.45, 2.75) is 13.8 Å². The fourth-order valence-electron chi connectivity index (χ4n) is 1.78. The monoisotopic (exact) mass is 329 g/mol. The molecule has 0 heterocycles. The largest absolute Gasteiger partial charge is 0.506 e. The van der Waals surface area contributed by atoms with Crippen molar-refractivity contribution in [1.82, 2.24) is 0 Å². The van der Waals surface area contributed by atoms with Crippen LogP contribution in [0, 0.1) is 13.8 Å². The summed E-state index contributed by atoms with van der Waals surface area (Å²) < 4.78 is 1.04. The fourth-order valence-corrected chi connectivity index (χ4v) is 2.19. The molecular weight excluding hydrogens is 314 g/mol. The predicted molar refractivity (Wildman–Crippen MR) is 88.9 cm³/mol. The van der Waals surface area contributed by atoms with Crippen LogP contribution in [0.4, 0.5) is 5.69 Å². The van der Waals surface area contributed by atoms with E-state index in [9.17, 15) is 5.11 Å². The number of halogens is 1. The van der Waals surface area contributed by atoms with E-state index in [0.29, 0.717) is 5.69 Å². The Morgan fingerprint density at radius 1 is 1.10 bits per heavy atom. The van der Waals surface area contributed by atoms with Crippen LogP contribution in [-0.2, 0) is 0 Å². The number of aromatic hydroxyl groups is 1. The van der Waals surface area contributed by atoms with E-state index < -0.39 is 0 Å². The van der Waals surface area contributed by atoms with E-state index in [1.165, 1.54) is 0 Å². The van der Waals surface area contributed by atoms with Gasteiger partial charge in [-0.15, -0.1) is 0 Å². The van der Waals surface area contributed by atoms with Gasteiger partial charge in [0.2, 0.25) is 0 Å². The first-order valence-electron chi connectivity index (χ1n) is 6.33. The van der Waals surface area contributed by atoms with Gasteiger partial charge in [0.15, 0.2) is 0 Å². The van der Waals surface area contributed by atoms with Gasteiger partial charge in [0, 0.05) is 10.7 Å². The first kappa shape index (κ1) is 14.5. The van der Waals surface area contributed by atoms with E-state index in [1.54, 1.807) is 12.3 Å². The number of allylic oxidation sites excluding steroid dienone is 1. The third-order valence-electron chi connectivity index (χ3n) is 3.03. The SMILES string of the molecule is Cc1cc(O)c(N=C/C=C/c2cccc(Br)c2)cc1C. The topological polar surface area (TPSA) is 32.6 Å². The number of phenols is 1. The normalized spacial score (nSPS) is 11.6. The Balaban J connectivity index is 2.12. The highest BCUT2D eigenvalue weighted by atomic mass is 79.9. The first-order valence-corrected chi connectivity index (χ1v) is 7.12. The van der Waals surface area contributed by atoms with Crippen LogP contribution in [0.3, 0.4) is 0 Å². The lowest BCUT2D eigenvalue weighted by molar-refractivity contribution is 0.476. The number of hydrogen-bond acceptors (Lipinski definition) is 2. The minimum absolute atomic E-state index is 0.209. The smallest absolute Gasteiger partial charge is 0.141 e. The summed E-state index contributed by atoms with van der Waals surface area (Å²) in [5.41, 5.74) is 3.86. The summed E-state index contributed by atoms with van der Waals surface area (Å²) >= 11 is 3.43. The molecular formula is C17H16BrNO. The Kier molecular flexibility index (Phi) is 4.74. The molecule has 0 fully saturated rings. The molecule has 0 unspecified atom stereocenters. The van der Waals surface area contributed by atoms with Gasteiger partial charge in [-0.3, -0.25) is 4.99 Å². The minimum Gasteiger partial charge on any atom is -0.506 e. The number of rotatable bonds is 3. The number of benzene rings is 2. The molecule has 0 radical (unpaired) electrons. The van der Waals surface area contributed by atoms with Gasteiger partial charge in [0.1, 0.15) is 11.4 Å². The maximum Gasteiger partial charge on any atom is 0.141 e. The number of phenolic OH excluding ortho intramolecular Hbond substituents is 1. The second-order valence-corrected chi connectivity index (χ2v) is 5.53. The average molecular weight is 330 g/mol. The lowest BCUT2D eigenvalue weighted by atomic mass is 10.1. The van der Waals surface area contributed by atoms with Gasteiger partial charge < -0.3 is 5.11 Å². The summed E-state index contributed by atoms with van der Waals surface area (Å²) in [6.45, 7) is 3.97. The van der Waals surface area contributed by atoms with E-state index in [0.717, 1.165) is 21.2 Å². The maximum atomic E-state index is 9.82. The van der Waals surface area contributed by atoms with Crippen LogP contribution >= 0.6 is 15.9 Å². The van der Waals surface area contributed by atoms with Crippen molar-refractivity contribution in [3.8, 4) is 5.75 Å². The zero-order chi connectivity index (χ0) is 14.5. The van der Waals surface area contributed by atoms with E-state index in [1.807, 2.05) is 56.3 Å². The third-order valence-corrected chi connectivity index (χ3v) is 3.52. The van der Waals surface area contributed by atoms with Crippen molar-refractivity contribution in [1.29, 1.82) is 0 Å². The van der Waals surface area contributed by atoms with Crippen molar-refractivity contribution in [2.75, 3.05) is 0 Å². The van der Waals surface area contributed by atoms with Crippen LogP contribution in [0.25, 0.3) is 6.08 Å². The van der Waals surface area contributed by atoms with Gasteiger partial charge in [-0.25, -0.2) is 0 Å². The molecule has 2 aromatic rings. The van der Waals surface area contributed by atoms with Gasteiger partial charge >= 0.3 is 0 Å². The lowest BCUT2D eigenvalue weighted by Crippen LogP contribution is -1.80. The summed E-state index contributed by atoms with van der Waals surface area (Å²) in [5.74, 6) is 0.209. The Morgan fingerprint density at radius 2 is 1.85 bits per heavy atom. The van der Waals surface area contributed by atoms with E-state index >= 15 is 0 Å². The summed E-state index contributed by atoms with van der Waals surface area (Å²) in [7, 11) is 0. The fraction of sp³-hybridized carbons (Fsp3) is 0.118. The molecule has 0 saturated heterocycles. The van der Waals surface area contributed by atoms with Crippen molar-refractivity contribution >= 4 is 33.9 Å². The van der Waals surface area contributed by atoms with Gasteiger partial charge in [-0.05, 0) is 60.9 Å². The molecule has 0 spiro atoms. The standard InChI is InChI=1S/C17H16BrNO/c1-12-9-16(17(20)10-13(12)2)19-8-4-6-14-5-3-7-15(18)11-14/h3-11,20H,1-2H3/b6-4+,19-8?. The number of aryl methyl sites for hydroxylation is 2. The minimum atomic E-state index is 0.209. The van der Waals surface area contributed by atoms with Gasteiger partial charge in [0.25, 0.3) is 0 Å². The molecule has 3 heteroatoms. The number of aliphatic imine (C=N–C) groups is 1. The molecule has 20 heavy (non-hydrogen) atoms. The van der Waals surface area contributed by atoms with Crippen molar-refractivity contribution in [2.24, 2.45) is 4.99 Å². The Morgan fingerprint density at radius 3 is 2.60 bits per heavy atom. The first-order chi connectivity index (χ1) is 9.56. The predicted octanol–water partition coefficient (Wildman–Crippen LogP) is 5.19. The molecule has 2 rings (SSSR count). The second kappa shape index (κ2) is 6.53. The van der Waals surface area contributed by atoms with Gasteiger partial charge in [-0.1, -0.05) is 34.1 Å². The third kappa shape index (κ3) is 3.81. The molecule has 0 amide bonds. The van der Waals surface area contributed by atoms with E-state index in [-0.39, 0.29) is 5.75 Å². The Hall–Kier alpha value is -1.87. The summed E-state index contributed by atoms with van der Waals surface area (Å²) in [5, 5.41) is 9.82. The molecule has 102 valence electrons. The quantitative estimate of drug-likeness (QED) is 0.772. The zero-order valence-corrected chi connectivity index (χ0v) is 13.1.